The van der Waals surface area contributed by atoms with Gasteiger partial charge in [0, 0.05) is 13.1 Å². The van der Waals surface area contributed by atoms with Crippen molar-refractivity contribution >= 4 is 17.3 Å². The van der Waals surface area contributed by atoms with Crippen LogP contribution in [0.3, 0.4) is 0 Å². The number of aryl methyl sites for hydroxylation is 1. The molecule has 1 saturated carbocycles. The van der Waals surface area contributed by atoms with Crippen molar-refractivity contribution in [3.05, 3.63) is 21.6 Å². The highest BCUT2D eigenvalue weighted by Gasteiger charge is 2.41. The Bertz CT molecular complexity index is 494. The number of anilines is 1. The van der Waals surface area contributed by atoms with E-state index in [9.17, 15) is 4.79 Å². The molecule has 1 heterocycles. The highest BCUT2D eigenvalue weighted by Crippen LogP contribution is 2.49. The number of nitrogens with zero attached hydrogens (tertiary/aromatic N) is 2. The lowest BCUT2D eigenvalue weighted by Crippen LogP contribution is -2.25. The van der Waals surface area contributed by atoms with E-state index in [2.05, 4.69) is 17.3 Å². The van der Waals surface area contributed by atoms with Gasteiger partial charge in [-0.25, -0.2) is 4.68 Å². The Kier molecular flexibility index (Phi) is 4.50. The smallest absolute Gasteiger partial charge is 0.287 e. The minimum Gasteiger partial charge on any atom is -0.382 e. The van der Waals surface area contributed by atoms with Crippen LogP contribution in [0.1, 0.15) is 46.0 Å². The van der Waals surface area contributed by atoms with E-state index in [1.165, 1.54) is 30.4 Å². The summed E-state index contributed by atoms with van der Waals surface area (Å²) in [6.07, 6.45) is 7.51. The van der Waals surface area contributed by atoms with Crippen LogP contribution >= 0.6 is 11.6 Å². The summed E-state index contributed by atoms with van der Waals surface area (Å²) in [4.78, 5) is 12.0. The van der Waals surface area contributed by atoms with Crippen molar-refractivity contribution in [2.45, 2.75) is 52.5 Å². The lowest BCUT2D eigenvalue weighted by atomic mass is 10.0. The van der Waals surface area contributed by atoms with Crippen LogP contribution in [-0.4, -0.2) is 16.3 Å². The molecule has 0 amide bonds. The van der Waals surface area contributed by atoms with E-state index in [1.807, 2.05) is 6.92 Å². The molecule has 4 nitrogen and oxygen atoms in total. The van der Waals surface area contributed by atoms with E-state index in [-0.39, 0.29) is 10.6 Å². The Labute approximate surface area is 119 Å². The molecule has 1 aromatic heterocycles. The number of halogens is 1. The lowest BCUT2D eigenvalue weighted by molar-refractivity contribution is 0.485. The highest BCUT2D eigenvalue weighted by atomic mass is 35.5. The van der Waals surface area contributed by atoms with Gasteiger partial charge in [0.2, 0.25) is 0 Å². The second-order valence-corrected chi connectivity index (χ2v) is 5.88. The molecule has 0 atom stereocenters. The number of hydrogen-bond acceptors (Lipinski definition) is 3. The van der Waals surface area contributed by atoms with Crippen LogP contribution in [0.25, 0.3) is 0 Å². The quantitative estimate of drug-likeness (QED) is 0.835. The van der Waals surface area contributed by atoms with Gasteiger partial charge in [0.05, 0.1) is 11.9 Å². The van der Waals surface area contributed by atoms with Crippen molar-refractivity contribution in [1.82, 2.24) is 9.78 Å². The maximum Gasteiger partial charge on any atom is 0.287 e. The fourth-order valence-corrected chi connectivity index (χ4v) is 2.68. The van der Waals surface area contributed by atoms with E-state index < -0.39 is 0 Å². The number of hydrogen-bond donors (Lipinski definition) is 1. The van der Waals surface area contributed by atoms with Crippen molar-refractivity contribution in [2.24, 2.45) is 5.41 Å². The monoisotopic (exact) mass is 283 g/mol. The maximum atomic E-state index is 12.0. The normalized spacial score (nSPS) is 16.4. The minimum absolute atomic E-state index is 0.200. The second-order valence-electron chi connectivity index (χ2n) is 5.50. The molecule has 0 radical (unpaired) electrons. The highest BCUT2D eigenvalue weighted by molar-refractivity contribution is 6.32. The van der Waals surface area contributed by atoms with Gasteiger partial charge in [0.25, 0.3) is 5.56 Å². The Morgan fingerprint density at radius 2 is 2.16 bits per heavy atom. The molecule has 0 saturated heterocycles. The zero-order chi connectivity index (χ0) is 13.9. The van der Waals surface area contributed by atoms with Crippen LogP contribution in [0.15, 0.2) is 11.0 Å². The minimum atomic E-state index is -0.200. The third-order valence-electron chi connectivity index (χ3n) is 3.81. The third kappa shape index (κ3) is 3.30. The van der Waals surface area contributed by atoms with Gasteiger partial charge in [-0.1, -0.05) is 31.9 Å². The fraction of sp³-hybridized carbons (Fsp3) is 0.714. The molecule has 2 rings (SSSR count). The number of aromatic nitrogens is 2. The molecule has 1 aromatic rings. The van der Waals surface area contributed by atoms with Crippen LogP contribution in [0.4, 0.5) is 5.69 Å². The average Bonchev–Trinajstić information content (AvgIpc) is 3.15. The Morgan fingerprint density at radius 1 is 1.42 bits per heavy atom. The summed E-state index contributed by atoms with van der Waals surface area (Å²) in [6, 6.07) is 0. The average molecular weight is 284 g/mol. The first-order chi connectivity index (χ1) is 9.12. The predicted octanol–water partition coefficient (Wildman–Crippen LogP) is 3.30. The van der Waals surface area contributed by atoms with Crippen LogP contribution in [-0.2, 0) is 6.54 Å². The van der Waals surface area contributed by atoms with Crippen LogP contribution < -0.4 is 10.9 Å². The molecule has 0 aliphatic heterocycles. The molecule has 19 heavy (non-hydrogen) atoms. The summed E-state index contributed by atoms with van der Waals surface area (Å²) in [5.74, 6) is 0. The molecule has 1 N–H and O–H groups in total. The summed E-state index contributed by atoms with van der Waals surface area (Å²) < 4.78 is 1.42. The van der Waals surface area contributed by atoms with Gasteiger partial charge < -0.3 is 5.32 Å². The Hall–Kier alpha value is -1.03. The van der Waals surface area contributed by atoms with E-state index in [1.54, 1.807) is 6.20 Å². The lowest BCUT2D eigenvalue weighted by Gasteiger charge is -2.16. The molecule has 106 valence electrons. The predicted molar refractivity (Wildman–Crippen MR) is 78.9 cm³/mol. The summed E-state index contributed by atoms with van der Waals surface area (Å²) in [5, 5.41) is 7.72. The first kappa shape index (κ1) is 14.4. The maximum absolute atomic E-state index is 12.0. The second kappa shape index (κ2) is 5.95. The fourth-order valence-electron chi connectivity index (χ4n) is 2.46. The third-order valence-corrected chi connectivity index (χ3v) is 4.18. The SMILES string of the molecule is CCCn1ncc(NCC2(CCC)CC2)c(Cl)c1=O. The molecule has 0 spiro atoms. The van der Waals surface area contributed by atoms with Crippen LogP contribution in [0.2, 0.25) is 5.02 Å². The summed E-state index contributed by atoms with van der Waals surface area (Å²) in [7, 11) is 0. The van der Waals surface area contributed by atoms with E-state index in [0.717, 1.165) is 13.0 Å². The van der Waals surface area contributed by atoms with E-state index in [0.29, 0.717) is 17.6 Å². The van der Waals surface area contributed by atoms with Crippen molar-refractivity contribution in [1.29, 1.82) is 0 Å². The molecule has 0 unspecified atom stereocenters. The summed E-state index contributed by atoms with van der Waals surface area (Å²) in [6.45, 7) is 5.72. The molecule has 1 fully saturated rings. The zero-order valence-corrected chi connectivity index (χ0v) is 12.5. The molecule has 0 aromatic carbocycles. The first-order valence-corrected chi connectivity index (χ1v) is 7.49. The van der Waals surface area contributed by atoms with Crippen LogP contribution in [0.5, 0.6) is 0 Å². The van der Waals surface area contributed by atoms with Crippen molar-refractivity contribution in [3.8, 4) is 0 Å². The van der Waals surface area contributed by atoms with Gasteiger partial charge in [-0.3, -0.25) is 4.79 Å². The van der Waals surface area contributed by atoms with Gasteiger partial charge in [-0.15, -0.1) is 0 Å². The van der Waals surface area contributed by atoms with Crippen molar-refractivity contribution < 1.29 is 0 Å². The van der Waals surface area contributed by atoms with Gasteiger partial charge >= 0.3 is 0 Å². The number of rotatable bonds is 7. The molecule has 1 aliphatic carbocycles. The Balaban J connectivity index is 2.05. The zero-order valence-electron chi connectivity index (χ0n) is 11.7. The van der Waals surface area contributed by atoms with Crippen molar-refractivity contribution in [3.63, 3.8) is 0 Å². The van der Waals surface area contributed by atoms with Crippen molar-refractivity contribution in [2.75, 3.05) is 11.9 Å². The van der Waals surface area contributed by atoms with Gasteiger partial charge in [0.15, 0.2) is 0 Å². The Morgan fingerprint density at radius 3 is 2.74 bits per heavy atom. The van der Waals surface area contributed by atoms with E-state index in [4.69, 9.17) is 11.6 Å². The van der Waals surface area contributed by atoms with Gasteiger partial charge in [-0.05, 0) is 31.1 Å². The summed E-state index contributed by atoms with van der Waals surface area (Å²) >= 11 is 6.12. The van der Waals surface area contributed by atoms with Gasteiger partial charge in [0.1, 0.15) is 5.02 Å². The summed E-state index contributed by atoms with van der Waals surface area (Å²) in [5.41, 5.74) is 0.895. The molecule has 0 bridgehead atoms. The molecular formula is C14H22ClN3O. The molecular weight excluding hydrogens is 262 g/mol. The van der Waals surface area contributed by atoms with Gasteiger partial charge in [-0.2, -0.15) is 5.10 Å². The largest absolute Gasteiger partial charge is 0.382 e. The number of nitrogens with one attached hydrogen (secondary N) is 1. The van der Waals surface area contributed by atoms with E-state index >= 15 is 0 Å². The standard InChI is InChI=1S/C14H22ClN3O/c1-3-5-14(6-7-14)10-16-11-9-17-18(8-4-2)13(19)12(11)15/h9,16H,3-8,10H2,1-2H3. The first-order valence-electron chi connectivity index (χ1n) is 7.11. The van der Waals surface area contributed by atoms with Crippen LogP contribution in [0, 0.1) is 5.41 Å². The topological polar surface area (TPSA) is 46.9 Å². The molecule has 5 heteroatoms. The molecule has 1 aliphatic rings.